The summed E-state index contributed by atoms with van der Waals surface area (Å²) >= 11 is 11.5. The first-order valence-electron chi connectivity index (χ1n) is 7.31. The molecule has 1 saturated heterocycles. The van der Waals surface area contributed by atoms with Gasteiger partial charge < -0.3 is 5.32 Å². The van der Waals surface area contributed by atoms with Gasteiger partial charge in [-0.2, -0.15) is 0 Å². The fourth-order valence-electron chi connectivity index (χ4n) is 2.53. The summed E-state index contributed by atoms with van der Waals surface area (Å²) in [5.74, 6) is -0.171. The van der Waals surface area contributed by atoms with Crippen LogP contribution in [0.5, 0.6) is 0 Å². The topological polar surface area (TPSA) is 32.3 Å². The molecule has 1 aliphatic heterocycles. The number of benzene rings is 2. The van der Waals surface area contributed by atoms with Gasteiger partial charge in [0, 0.05) is 5.02 Å². The predicted octanol–water partition coefficient (Wildman–Crippen LogP) is 4.16. The van der Waals surface area contributed by atoms with Crippen LogP contribution in [0, 0.1) is 0 Å². The molecular weight excluding hydrogens is 328 g/mol. The second-order valence-corrected chi connectivity index (χ2v) is 5.93. The number of carbonyl (C=O) groups excluding carboxylic acids is 1. The molecule has 0 radical (unpaired) electrons. The number of amides is 1. The van der Waals surface area contributed by atoms with E-state index in [1.165, 1.54) is 4.90 Å². The van der Waals surface area contributed by atoms with E-state index in [0.29, 0.717) is 15.8 Å². The lowest BCUT2D eigenvalue weighted by atomic mass is 10.1. The molecule has 0 spiro atoms. The average Bonchev–Trinajstić information content (AvgIpc) is 2.83. The van der Waals surface area contributed by atoms with Gasteiger partial charge in [0.2, 0.25) is 0 Å². The molecule has 1 heterocycles. The highest BCUT2D eigenvalue weighted by atomic mass is 35.5. The van der Waals surface area contributed by atoms with Gasteiger partial charge in [-0.25, -0.2) is 0 Å². The Morgan fingerprint density at radius 2 is 1.87 bits per heavy atom. The molecule has 1 amide bonds. The second kappa shape index (κ2) is 6.52. The maximum Gasteiger partial charge on any atom is 0.281 e. The minimum atomic E-state index is -0.171. The van der Waals surface area contributed by atoms with Gasteiger partial charge in [0.1, 0.15) is 5.70 Å². The Morgan fingerprint density at radius 1 is 1.17 bits per heavy atom. The van der Waals surface area contributed by atoms with E-state index in [-0.39, 0.29) is 5.91 Å². The first kappa shape index (κ1) is 15.7. The predicted molar refractivity (Wildman–Crippen MR) is 98.5 cm³/mol. The molecule has 1 aliphatic rings. The molecule has 5 heteroatoms. The molecule has 0 aromatic heterocycles. The Bertz CT molecular complexity index is 816. The van der Waals surface area contributed by atoms with E-state index in [4.69, 9.17) is 23.8 Å². The maximum atomic E-state index is 12.8. The molecule has 0 unspecified atom stereocenters. The monoisotopic (exact) mass is 342 g/mol. The number of hydrogen-bond donors (Lipinski definition) is 1. The summed E-state index contributed by atoms with van der Waals surface area (Å²) in [5.41, 5.74) is 3.09. The third-order valence-corrected chi connectivity index (χ3v) is 4.33. The van der Waals surface area contributed by atoms with Crippen LogP contribution < -0.4 is 10.2 Å². The number of thiocarbonyl (C=S) groups is 1. The molecule has 0 bridgehead atoms. The summed E-state index contributed by atoms with van der Waals surface area (Å²) in [7, 11) is 0. The van der Waals surface area contributed by atoms with Crippen LogP contribution in [0.25, 0.3) is 6.08 Å². The molecule has 23 heavy (non-hydrogen) atoms. The van der Waals surface area contributed by atoms with Gasteiger partial charge >= 0.3 is 0 Å². The van der Waals surface area contributed by atoms with Crippen LogP contribution in [0.3, 0.4) is 0 Å². The van der Waals surface area contributed by atoms with Gasteiger partial charge in [0.15, 0.2) is 5.11 Å². The van der Waals surface area contributed by atoms with Crippen LogP contribution in [0.4, 0.5) is 5.69 Å². The van der Waals surface area contributed by atoms with Gasteiger partial charge in [-0.1, -0.05) is 54.9 Å². The van der Waals surface area contributed by atoms with Crippen molar-refractivity contribution in [1.82, 2.24) is 5.32 Å². The lowest BCUT2D eigenvalue weighted by Gasteiger charge is -2.17. The third kappa shape index (κ3) is 3.00. The van der Waals surface area contributed by atoms with E-state index in [9.17, 15) is 4.79 Å². The molecule has 0 saturated carbocycles. The van der Waals surface area contributed by atoms with Gasteiger partial charge in [0.25, 0.3) is 5.91 Å². The van der Waals surface area contributed by atoms with Crippen molar-refractivity contribution in [2.75, 3.05) is 4.90 Å². The van der Waals surface area contributed by atoms with Crippen molar-refractivity contribution in [2.24, 2.45) is 0 Å². The Labute approximate surface area is 145 Å². The maximum absolute atomic E-state index is 12.8. The highest BCUT2D eigenvalue weighted by Crippen LogP contribution is 2.27. The van der Waals surface area contributed by atoms with Crippen molar-refractivity contribution in [1.29, 1.82) is 0 Å². The van der Waals surface area contributed by atoms with Crippen molar-refractivity contribution in [2.45, 2.75) is 13.3 Å². The minimum Gasteiger partial charge on any atom is -0.327 e. The summed E-state index contributed by atoms with van der Waals surface area (Å²) in [5, 5.41) is 3.96. The van der Waals surface area contributed by atoms with Crippen molar-refractivity contribution in [3.05, 3.63) is 70.4 Å². The van der Waals surface area contributed by atoms with Crippen molar-refractivity contribution in [3.63, 3.8) is 0 Å². The number of carbonyl (C=O) groups is 1. The molecule has 0 aliphatic carbocycles. The summed E-state index contributed by atoms with van der Waals surface area (Å²) in [6.45, 7) is 2.05. The highest BCUT2D eigenvalue weighted by Gasteiger charge is 2.32. The molecule has 0 atom stereocenters. The summed E-state index contributed by atoms with van der Waals surface area (Å²) in [6.07, 6.45) is 2.55. The normalized spacial score (nSPS) is 16.1. The third-order valence-electron chi connectivity index (χ3n) is 3.70. The van der Waals surface area contributed by atoms with E-state index in [0.717, 1.165) is 23.2 Å². The van der Waals surface area contributed by atoms with Crippen molar-refractivity contribution < 1.29 is 4.79 Å². The van der Waals surface area contributed by atoms with Crippen molar-refractivity contribution in [3.8, 4) is 0 Å². The van der Waals surface area contributed by atoms with Crippen LogP contribution >= 0.6 is 23.8 Å². The molecule has 2 aromatic rings. The smallest absolute Gasteiger partial charge is 0.281 e. The number of para-hydroxylation sites is 1. The fraction of sp³-hybridized carbons (Fsp3) is 0.111. The number of nitrogens with one attached hydrogen (secondary N) is 1. The standard InChI is InChI=1S/C18H15ClN2OS/c1-2-12-7-4-6-10-16(12)21-17(22)15(20-18(21)23)11-13-8-3-5-9-14(13)19/h3-11H,2H2,1H3,(H,20,23)/b15-11+. The van der Waals surface area contributed by atoms with Gasteiger partial charge in [0.05, 0.1) is 5.69 Å². The number of aryl methyl sites for hydroxylation is 1. The van der Waals surface area contributed by atoms with Crippen LogP contribution in [0.15, 0.2) is 54.2 Å². The lowest BCUT2D eigenvalue weighted by molar-refractivity contribution is -0.113. The fourth-order valence-corrected chi connectivity index (χ4v) is 3.01. The van der Waals surface area contributed by atoms with Crippen molar-refractivity contribution >= 4 is 46.6 Å². The van der Waals surface area contributed by atoms with Gasteiger partial charge in [-0.05, 0) is 48.0 Å². The van der Waals surface area contributed by atoms with Crippen LogP contribution in [0.2, 0.25) is 5.02 Å². The van der Waals surface area contributed by atoms with E-state index < -0.39 is 0 Å². The van der Waals surface area contributed by atoms with Gasteiger partial charge in [-0.15, -0.1) is 0 Å². The number of anilines is 1. The molecule has 2 aromatic carbocycles. The Balaban J connectivity index is 1.99. The minimum absolute atomic E-state index is 0.171. The van der Waals surface area contributed by atoms with E-state index in [2.05, 4.69) is 12.2 Å². The number of hydrogen-bond acceptors (Lipinski definition) is 2. The summed E-state index contributed by atoms with van der Waals surface area (Å²) in [4.78, 5) is 14.3. The lowest BCUT2D eigenvalue weighted by Crippen LogP contribution is -2.31. The van der Waals surface area contributed by atoms with E-state index in [1.807, 2.05) is 42.5 Å². The van der Waals surface area contributed by atoms with E-state index >= 15 is 0 Å². The zero-order valence-corrected chi connectivity index (χ0v) is 14.1. The highest BCUT2D eigenvalue weighted by molar-refractivity contribution is 7.80. The summed E-state index contributed by atoms with van der Waals surface area (Å²) in [6, 6.07) is 15.1. The van der Waals surface area contributed by atoms with Crippen LogP contribution in [-0.4, -0.2) is 11.0 Å². The first-order valence-corrected chi connectivity index (χ1v) is 8.10. The molecular formula is C18H15ClN2OS. The van der Waals surface area contributed by atoms with E-state index in [1.54, 1.807) is 12.1 Å². The largest absolute Gasteiger partial charge is 0.327 e. The number of rotatable bonds is 3. The zero-order valence-electron chi connectivity index (χ0n) is 12.5. The quantitative estimate of drug-likeness (QED) is 0.671. The molecule has 1 fully saturated rings. The Kier molecular flexibility index (Phi) is 4.46. The van der Waals surface area contributed by atoms with Crippen LogP contribution in [0.1, 0.15) is 18.1 Å². The summed E-state index contributed by atoms with van der Waals surface area (Å²) < 4.78 is 0. The SMILES string of the molecule is CCc1ccccc1N1C(=O)/C(=C\c2ccccc2Cl)NC1=S. The first-order chi connectivity index (χ1) is 11.1. The Morgan fingerprint density at radius 3 is 2.61 bits per heavy atom. The average molecular weight is 343 g/mol. The molecule has 116 valence electrons. The number of halogens is 1. The zero-order chi connectivity index (χ0) is 16.4. The van der Waals surface area contributed by atoms with Crippen LogP contribution in [-0.2, 0) is 11.2 Å². The van der Waals surface area contributed by atoms with Gasteiger partial charge in [-0.3, -0.25) is 9.69 Å². The molecule has 3 nitrogen and oxygen atoms in total. The number of nitrogens with zero attached hydrogens (tertiary/aromatic N) is 1. The Hall–Kier alpha value is -2.17. The molecule has 3 rings (SSSR count). The molecule has 1 N–H and O–H groups in total. The second-order valence-electron chi connectivity index (χ2n) is 5.13.